The molecule has 0 aromatic heterocycles. The largest absolute Gasteiger partial charge is 0.303 e. The summed E-state index contributed by atoms with van der Waals surface area (Å²) in [5.74, 6) is -0.232. The van der Waals surface area contributed by atoms with Gasteiger partial charge in [0.05, 0.1) is 0 Å². The van der Waals surface area contributed by atoms with Gasteiger partial charge in [-0.3, -0.25) is 4.79 Å². The van der Waals surface area contributed by atoms with E-state index in [0.717, 1.165) is 23.7 Å². The van der Waals surface area contributed by atoms with Gasteiger partial charge < -0.3 is 4.79 Å². The average Bonchev–Trinajstić information content (AvgIpc) is 2.26. The maximum atomic E-state index is 10.8. The van der Waals surface area contributed by atoms with Crippen LogP contribution in [0.1, 0.15) is 34.3 Å². The van der Waals surface area contributed by atoms with Crippen molar-refractivity contribution in [2.45, 2.75) is 18.2 Å². The molecule has 14 heavy (non-hydrogen) atoms. The van der Waals surface area contributed by atoms with Crippen LogP contribution in [0.15, 0.2) is 18.2 Å². The minimum Gasteiger partial charge on any atom is -0.303 e. The van der Waals surface area contributed by atoms with Crippen molar-refractivity contribution < 1.29 is 9.59 Å². The molecule has 0 radical (unpaired) electrons. The second-order valence-electron chi connectivity index (χ2n) is 3.10. The second-order valence-corrected chi connectivity index (χ2v) is 3.66. The van der Waals surface area contributed by atoms with Gasteiger partial charge in [-0.15, -0.1) is 0 Å². The smallest absolute Gasteiger partial charge is 0.150 e. The molecule has 0 saturated heterocycles. The van der Waals surface area contributed by atoms with Gasteiger partial charge in [0.2, 0.25) is 0 Å². The summed E-state index contributed by atoms with van der Waals surface area (Å²) >= 11 is 3.34. The minimum absolute atomic E-state index is 0.232. The third kappa shape index (κ3) is 2.10. The van der Waals surface area contributed by atoms with Crippen molar-refractivity contribution in [3.8, 4) is 0 Å². The van der Waals surface area contributed by atoms with Gasteiger partial charge in [0.1, 0.15) is 12.6 Å². The zero-order chi connectivity index (χ0) is 10.6. The first-order valence-corrected chi connectivity index (χ1v) is 5.45. The van der Waals surface area contributed by atoms with Gasteiger partial charge in [0.15, 0.2) is 0 Å². The molecule has 0 saturated carbocycles. The van der Waals surface area contributed by atoms with E-state index in [0.29, 0.717) is 10.9 Å². The van der Waals surface area contributed by atoms with Gasteiger partial charge >= 0.3 is 0 Å². The number of hydrogen-bond donors (Lipinski definition) is 0. The zero-order valence-electron chi connectivity index (χ0n) is 7.87. The summed E-state index contributed by atoms with van der Waals surface area (Å²) in [4.78, 5) is 21.5. The van der Waals surface area contributed by atoms with Gasteiger partial charge in [0, 0.05) is 16.8 Å². The summed E-state index contributed by atoms with van der Waals surface area (Å²) in [6.07, 6.45) is 1.65. The fourth-order valence-corrected chi connectivity index (χ4v) is 1.96. The second kappa shape index (κ2) is 5.05. The molecule has 2 nitrogen and oxygen atoms in total. The molecule has 1 atom stereocenters. The number of carbonyl (C=O) groups is 2. The minimum atomic E-state index is -0.232. The van der Waals surface area contributed by atoms with E-state index in [1.54, 1.807) is 13.0 Å². The summed E-state index contributed by atoms with van der Waals surface area (Å²) in [6, 6.07) is 5.47. The van der Waals surface area contributed by atoms with Crippen LogP contribution in [0.4, 0.5) is 0 Å². The highest BCUT2D eigenvalue weighted by molar-refractivity contribution is 9.08. The Morgan fingerprint density at radius 3 is 2.64 bits per heavy atom. The fourth-order valence-electron chi connectivity index (χ4n) is 1.48. The van der Waals surface area contributed by atoms with E-state index in [1.807, 2.05) is 12.1 Å². The Kier molecular flexibility index (Phi) is 4.01. The molecule has 0 N–H and O–H groups in total. The highest BCUT2D eigenvalue weighted by atomic mass is 79.9. The normalized spacial score (nSPS) is 12.1. The maximum Gasteiger partial charge on any atom is 0.150 e. The van der Waals surface area contributed by atoms with Crippen LogP contribution in [-0.2, 0) is 10.1 Å². The summed E-state index contributed by atoms with van der Waals surface area (Å²) in [5, 5.41) is 0.655. The third-order valence-corrected chi connectivity index (χ3v) is 2.76. The Morgan fingerprint density at radius 2 is 2.14 bits per heavy atom. The van der Waals surface area contributed by atoms with E-state index in [9.17, 15) is 9.59 Å². The van der Waals surface area contributed by atoms with Crippen molar-refractivity contribution in [2.75, 3.05) is 0 Å². The highest BCUT2D eigenvalue weighted by Gasteiger charge is 2.13. The van der Waals surface area contributed by atoms with Gasteiger partial charge in [-0.2, -0.15) is 0 Å². The standard InChI is InChI=1S/C11H11BrO2/c1-8(6-13)11-9(5-12)3-2-4-10(11)7-14/h2-4,6-8H,5H2,1H3. The van der Waals surface area contributed by atoms with E-state index < -0.39 is 0 Å². The Hall–Kier alpha value is -0.960. The van der Waals surface area contributed by atoms with E-state index in [-0.39, 0.29) is 5.92 Å². The lowest BCUT2D eigenvalue weighted by atomic mass is 9.93. The molecule has 1 aromatic rings. The molecule has 1 aromatic carbocycles. The number of hydrogen-bond acceptors (Lipinski definition) is 2. The predicted octanol–water partition coefficient (Wildman–Crippen LogP) is 2.70. The van der Waals surface area contributed by atoms with Crippen LogP contribution in [0, 0.1) is 0 Å². The number of alkyl halides is 1. The molecule has 0 spiro atoms. The molecule has 0 aliphatic heterocycles. The van der Waals surface area contributed by atoms with Crippen LogP contribution in [0.5, 0.6) is 0 Å². The molecule has 0 aliphatic rings. The first-order chi connectivity index (χ1) is 6.74. The third-order valence-electron chi connectivity index (χ3n) is 2.16. The number of rotatable bonds is 4. The van der Waals surface area contributed by atoms with Crippen LogP contribution in [0.25, 0.3) is 0 Å². The number of halogens is 1. The first-order valence-electron chi connectivity index (χ1n) is 4.32. The van der Waals surface area contributed by atoms with E-state index >= 15 is 0 Å². The average molecular weight is 255 g/mol. The highest BCUT2D eigenvalue weighted by Crippen LogP contribution is 2.23. The van der Waals surface area contributed by atoms with Crippen LogP contribution in [0.2, 0.25) is 0 Å². The SMILES string of the molecule is CC(C=O)c1c(C=O)cccc1CBr. The van der Waals surface area contributed by atoms with Crippen LogP contribution in [-0.4, -0.2) is 12.6 Å². The molecule has 0 aliphatic carbocycles. The lowest BCUT2D eigenvalue weighted by Gasteiger charge is -2.12. The van der Waals surface area contributed by atoms with Crippen LogP contribution < -0.4 is 0 Å². The molecule has 1 unspecified atom stereocenters. The topological polar surface area (TPSA) is 34.1 Å². The molecule has 3 heteroatoms. The summed E-state index contributed by atoms with van der Waals surface area (Å²) in [6.45, 7) is 1.79. The van der Waals surface area contributed by atoms with Crippen molar-refractivity contribution in [1.82, 2.24) is 0 Å². The van der Waals surface area contributed by atoms with Crippen LogP contribution in [0.3, 0.4) is 0 Å². The number of carbonyl (C=O) groups excluding carboxylic acids is 2. The van der Waals surface area contributed by atoms with Gasteiger partial charge in [-0.05, 0) is 11.1 Å². The fraction of sp³-hybridized carbons (Fsp3) is 0.273. The number of aldehydes is 2. The molecule has 0 bridgehead atoms. The zero-order valence-corrected chi connectivity index (χ0v) is 9.45. The molecule has 1 rings (SSSR count). The van der Waals surface area contributed by atoms with Gasteiger partial charge in [-0.1, -0.05) is 41.1 Å². The van der Waals surface area contributed by atoms with Crippen molar-refractivity contribution in [3.63, 3.8) is 0 Å². The Balaban J connectivity index is 3.32. The summed E-state index contributed by atoms with van der Waals surface area (Å²) in [7, 11) is 0. The van der Waals surface area contributed by atoms with Crippen LogP contribution >= 0.6 is 15.9 Å². The predicted molar refractivity (Wildman–Crippen MR) is 58.9 cm³/mol. The monoisotopic (exact) mass is 254 g/mol. The Morgan fingerprint density at radius 1 is 1.43 bits per heavy atom. The van der Waals surface area contributed by atoms with Gasteiger partial charge in [-0.25, -0.2) is 0 Å². The van der Waals surface area contributed by atoms with Gasteiger partial charge in [0.25, 0.3) is 0 Å². The van der Waals surface area contributed by atoms with Crippen molar-refractivity contribution in [2.24, 2.45) is 0 Å². The van der Waals surface area contributed by atoms with Crippen molar-refractivity contribution >= 4 is 28.5 Å². The Labute approximate surface area is 91.4 Å². The van der Waals surface area contributed by atoms with Crippen molar-refractivity contribution in [1.29, 1.82) is 0 Å². The van der Waals surface area contributed by atoms with E-state index in [4.69, 9.17) is 0 Å². The lowest BCUT2D eigenvalue weighted by molar-refractivity contribution is -0.108. The number of benzene rings is 1. The molecular formula is C11H11BrO2. The summed E-state index contributed by atoms with van der Waals surface area (Å²) < 4.78 is 0. The lowest BCUT2D eigenvalue weighted by Crippen LogP contribution is -2.03. The molecule has 0 amide bonds. The maximum absolute atomic E-state index is 10.8. The molecule has 0 heterocycles. The van der Waals surface area contributed by atoms with E-state index in [2.05, 4.69) is 15.9 Å². The summed E-state index contributed by atoms with van der Waals surface area (Å²) in [5.41, 5.74) is 2.42. The molecule has 74 valence electrons. The van der Waals surface area contributed by atoms with Crippen molar-refractivity contribution in [3.05, 3.63) is 34.9 Å². The van der Waals surface area contributed by atoms with E-state index in [1.165, 1.54) is 0 Å². The first kappa shape index (κ1) is 11.1. The molecule has 0 fully saturated rings. The quantitative estimate of drug-likeness (QED) is 0.612. The molecular weight excluding hydrogens is 244 g/mol. The Bertz CT molecular complexity index is 347.